The van der Waals surface area contributed by atoms with Gasteiger partial charge in [-0.15, -0.1) is 0 Å². The van der Waals surface area contributed by atoms with E-state index < -0.39 is 24.0 Å². The molecule has 2 aromatic carbocycles. The largest absolute Gasteiger partial charge is 0.481 e. The Balaban J connectivity index is 1.26. The van der Waals surface area contributed by atoms with Crippen molar-refractivity contribution in [3.05, 3.63) is 71.8 Å². The molecule has 0 fully saturated rings. The van der Waals surface area contributed by atoms with Gasteiger partial charge in [0.1, 0.15) is 6.61 Å². The summed E-state index contributed by atoms with van der Waals surface area (Å²) in [7, 11) is 0. The number of alkyl carbamates (subject to hydrolysis) is 1. The lowest BCUT2D eigenvalue weighted by Gasteiger charge is -2.23. The average molecular weight is 449 g/mol. The third kappa shape index (κ3) is 5.25. The van der Waals surface area contributed by atoms with Gasteiger partial charge in [-0.3, -0.25) is 9.59 Å². The zero-order chi connectivity index (χ0) is 23.4. The lowest BCUT2D eigenvalue weighted by Crippen LogP contribution is -2.42. The smallest absolute Gasteiger partial charge is 0.407 e. The van der Waals surface area contributed by atoms with Gasteiger partial charge in [0.05, 0.1) is 5.92 Å². The lowest BCUT2D eigenvalue weighted by molar-refractivity contribution is -0.142. The molecule has 4 rings (SSSR count). The number of allylic oxidation sites excluding steroid dienone is 1. The molecule has 7 heteroatoms. The number of carbonyl (C=O) groups excluding carboxylic acids is 2. The highest BCUT2D eigenvalue weighted by molar-refractivity contribution is 5.80. The predicted molar refractivity (Wildman–Crippen MR) is 124 cm³/mol. The molecule has 0 heterocycles. The lowest BCUT2D eigenvalue weighted by atomic mass is 9.91. The second kappa shape index (κ2) is 9.90. The molecular formula is C26H28N2O5. The van der Waals surface area contributed by atoms with Crippen LogP contribution in [0.2, 0.25) is 0 Å². The Labute approximate surface area is 192 Å². The Kier molecular flexibility index (Phi) is 6.77. The van der Waals surface area contributed by atoms with Crippen LogP contribution in [0.5, 0.6) is 0 Å². The molecular weight excluding hydrogens is 420 g/mol. The summed E-state index contributed by atoms with van der Waals surface area (Å²) in [6.07, 6.45) is 3.95. The first-order chi connectivity index (χ1) is 15.9. The predicted octanol–water partition coefficient (Wildman–Crippen LogP) is 3.84. The van der Waals surface area contributed by atoms with Crippen LogP contribution in [0.25, 0.3) is 11.1 Å². The first kappa shape index (κ1) is 22.6. The van der Waals surface area contributed by atoms with Gasteiger partial charge in [0, 0.05) is 24.4 Å². The monoisotopic (exact) mass is 448 g/mol. The van der Waals surface area contributed by atoms with Crippen LogP contribution >= 0.6 is 0 Å². The quantitative estimate of drug-likeness (QED) is 0.558. The van der Waals surface area contributed by atoms with Crippen LogP contribution in [0, 0.1) is 5.92 Å². The summed E-state index contributed by atoms with van der Waals surface area (Å²) < 4.78 is 5.52. The Bertz CT molecular complexity index is 1030. The highest BCUT2D eigenvalue weighted by atomic mass is 16.5. The van der Waals surface area contributed by atoms with Gasteiger partial charge in [0.15, 0.2) is 0 Å². The van der Waals surface area contributed by atoms with Gasteiger partial charge in [-0.1, -0.05) is 60.7 Å². The molecule has 0 spiro atoms. The Morgan fingerprint density at radius 3 is 2.33 bits per heavy atom. The van der Waals surface area contributed by atoms with Crippen molar-refractivity contribution in [3.8, 4) is 11.1 Å². The Morgan fingerprint density at radius 1 is 1.06 bits per heavy atom. The molecule has 3 atom stereocenters. The molecule has 2 aliphatic carbocycles. The molecule has 0 bridgehead atoms. The molecule has 0 aliphatic heterocycles. The molecule has 0 saturated heterocycles. The zero-order valence-corrected chi connectivity index (χ0v) is 18.5. The number of amides is 2. The number of carboxylic acid groups (broad SMARTS) is 1. The van der Waals surface area contributed by atoms with Crippen molar-refractivity contribution in [1.29, 1.82) is 0 Å². The molecule has 0 unspecified atom stereocenters. The van der Waals surface area contributed by atoms with Crippen molar-refractivity contribution < 1.29 is 24.2 Å². The standard InChI is InChI=1S/C26H28N2O5/c1-16(13-24(29)28-18-8-6-7-17(14-18)25(30)31)27-26(32)33-15-23-21-11-4-2-9-19(21)20-10-3-5-12-22(20)23/h2-6,8-12,16-18,23H,7,13-15H2,1H3,(H,27,32)(H,28,29)(H,30,31)/t16-,17-,18-/m1/s1. The molecule has 0 aromatic heterocycles. The van der Waals surface area contributed by atoms with Crippen LogP contribution in [0.4, 0.5) is 4.79 Å². The van der Waals surface area contributed by atoms with Gasteiger partial charge in [-0.05, 0) is 42.0 Å². The zero-order valence-electron chi connectivity index (χ0n) is 18.5. The number of benzene rings is 2. The van der Waals surface area contributed by atoms with Gasteiger partial charge >= 0.3 is 12.1 Å². The third-order valence-corrected chi connectivity index (χ3v) is 6.22. The maximum absolute atomic E-state index is 12.4. The molecule has 2 amide bonds. The first-order valence-corrected chi connectivity index (χ1v) is 11.2. The van der Waals surface area contributed by atoms with E-state index in [-0.39, 0.29) is 30.9 Å². The number of nitrogens with one attached hydrogen (secondary N) is 2. The SMILES string of the molecule is C[C@H](CC(=O)N[C@@H]1C=CC[C@@H](C(=O)O)C1)NC(=O)OCC1c2ccccc2-c2ccccc21. The minimum Gasteiger partial charge on any atom is -0.481 e. The minimum atomic E-state index is -0.858. The third-order valence-electron chi connectivity index (χ3n) is 6.22. The molecule has 0 saturated carbocycles. The van der Waals surface area contributed by atoms with E-state index in [0.29, 0.717) is 12.8 Å². The van der Waals surface area contributed by atoms with E-state index in [2.05, 4.69) is 34.9 Å². The molecule has 2 aliphatic rings. The van der Waals surface area contributed by atoms with Crippen molar-refractivity contribution in [1.82, 2.24) is 10.6 Å². The summed E-state index contributed by atoms with van der Waals surface area (Å²) in [6, 6.07) is 15.5. The van der Waals surface area contributed by atoms with Crippen LogP contribution in [0.3, 0.4) is 0 Å². The maximum Gasteiger partial charge on any atom is 0.407 e. The average Bonchev–Trinajstić information content (AvgIpc) is 3.11. The topological polar surface area (TPSA) is 105 Å². The van der Waals surface area contributed by atoms with Crippen LogP contribution < -0.4 is 10.6 Å². The van der Waals surface area contributed by atoms with E-state index in [0.717, 1.165) is 22.3 Å². The number of fused-ring (bicyclic) bond motifs is 3. The van der Waals surface area contributed by atoms with Crippen molar-refractivity contribution in [3.63, 3.8) is 0 Å². The van der Waals surface area contributed by atoms with Crippen molar-refractivity contribution in [2.24, 2.45) is 5.92 Å². The molecule has 7 nitrogen and oxygen atoms in total. The van der Waals surface area contributed by atoms with Gasteiger partial charge in [0.25, 0.3) is 0 Å². The molecule has 2 aromatic rings. The summed E-state index contributed by atoms with van der Waals surface area (Å²) in [4.78, 5) is 35.9. The molecule has 172 valence electrons. The Hall–Kier alpha value is -3.61. The van der Waals surface area contributed by atoms with Gasteiger partial charge < -0.3 is 20.5 Å². The number of hydrogen-bond donors (Lipinski definition) is 3. The van der Waals surface area contributed by atoms with Crippen LogP contribution in [-0.4, -0.2) is 41.8 Å². The summed E-state index contributed by atoms with van der Waals surface area (Å²) in [5.41, 5.74) is 4.60. The molecule has 33 heavy (non-hydrogen) atoms. The highest BCUT2D eigenvalue weighted by Gasteiger charge is 2.29. The summed E-state index contributed by atoms with van der Waals surface area (Å²) >= 11 is 0. The van der Waals surface area contributed by atoms with E-state index >= 15 is 0 Å². The van der Waals surface area contributed by atoms with Gasteiger partial charge in [-0.2, -0.15) is 0 Å². The van der Waals surface area contributed by atoms with Crippen molar-refractivity contribution in [2.75, 3.05) is 6.61 Å². The number of carbonyl (C=O) groups is 3. The second-order valence-electron chi connectivity index (χ2n) is 8.68. The first-order valence-electron chi connectivity index (χ1n) is 11.2. The highest BCUT2D eigenvalue weighted by Crippen LogP contribution is 2.44. The summed E-state index contributed by atoms with van der Waals surface area (Å²) in [6.45, 7) is 1.94. The number of aliphatic carboxylic acids is 1. The van der Waals surface area contributed by atoms with E-state index in [1.54, 1.807) is 13.0 Å². The van der Waals surface area contributed by atoms with Crippen LogP contribution in [-0.2, 0) is 14.3 Å². The van der Waals surface area contributed by atoms with E-state index in [4.69, 9.17) is 9.84 Å². The van der Waals surface area contributed by atoms with Crippen molar-refractivity contribution in [2.45, 2.75) is 44.2 Å². The van der Waals surface area contributed by atoms with E-state index in [9.17, 15) is 14.4 Å². The Morgan fingerprint density at radius 2 is 1.70 bits per heavy atom. The molecule has 3 N–H and O–H groups in total. The van der Waals surface area contributed by atoms with E-state index in [1.807, 2.05) is 30.3 Å². The van der Waals surface area contributed by atoms with Gasteiger partial charge in [0.2, 0.25) is 5.91 Å². The van der Waals surface area contributed by atoms with Crippen LogP contribution in [0.15, 0.2) is 60.7 Å². The van der Waals surface area contributed by atoms with Crippen molar-refractivity contribution >= 4 is 18.0 Å². The number of rotatable bonds is 7. The second-order valence-corrected chi connectivity index (χ2v) is 8.68. The number of carboxylic acids is 1. The van der Waals surface area contributed by atoms with Gasteiger partial charge in [-0.25, -0.2) is 4.79 Å². The number of hydrogen-bond acceptors (Lipinski definition) is 4. The summed E-state index contributed by atoms with van der Waals surface area (Å²) in [5.74, 6) is -1.62. The van der Waals surface area contributed by atoms with E-state index in [1.165, 1.54) is 0 Å². The summed E-state index contributed by atoms with van der Waals surface area (Å²) in [5, 5.41) is 14.7. The fraction of sp³-hybridized carbons (Fsp3) is 0.346. The fourth-order valence-corrected chi connectivity index (χ4v) is 4.63. The normalized spacial score (nSPS) is 19.8. The minimum absolute atomic E-state index is 0.0259. The molecule has 0 radical (unpaired) electrons. The maximum atomic E-state index is 12.4. The fourth-order valence-electron chi connectivity index (χ4n) is 4.63. The number of ether oxygens (including phenoxy) is 1. The van der Waals surface area contributed by atoms with Crippen LogP contribution in [0.1, 0.15) is 43.2 Å².